The van der Waals surface area contributed by atoms with Gasteiger partial charge < -0.3 is 15.8 Å². The van der Waals surface area contributed by atoms with Crippen LogP contribution in [0, 0.1) is 6.92 Å². The summed E-state index contributed by atoms with van der Waals surface area (Å²) in [6.07, 6.45) is 2.72. The summed E-state index contributed by atoms with van der Waals surface area (Å²) in [5.74, 6) is -0.442. The van der Waals surface area contributed by atoms with Crippen molar-refractivity contribution in [2.75, 3.05) is 19.3 Å². The molecule has 0 aliphatic carbocycles. The van der Waals surface area contributed by atoms with Crippen LogP contribution in [-0.4, -0.2) is 39.3 Å². The Morgan fingerprint density at radius 2 is 1.97 bits per heavy atom. The van der Waals surface area contributed by atoms with E-state index in [1.165, 1.54) is 6.26 Å². The Morgan fingerprint density at radius 1 is 1.20 bits per heavy atom. The van der Waals surface area contributed by atoms with Crippen LogP contribution in [0.1, 0.15) is 24.0 Å². The summed E-state index contributed by atoms with van der Waals surface area (Å²) >= 11 is 6.58. The third-order valence-electron chi connectivity index (χ3n) is 5.75. The molecule has 2 heterocycles. The second-order valence-corrected chi connectivity index (χ2v) is 10.3. The number of aryl methyl sites for hydroxylation is 1. The van der Waals surface area contributed by atoms with E-state index in [-0.39, 0.29) is 4.90 Å². The summed E-state index contributed by atoms with van der Waals surface area (Å²) in [6.45, 7) is 3.23. The molecule has 0 aromatic heterocycles. The van der Waals surface area contributed by atoms with Gasteiger partial charge in [0.05, 0.1) is 16.2 Å². The number of halogens is 1. The van der Waals surface area contributed by atoms with Crippen molar-refractivity contribution in [1.29, 1.82) is 0 Å². The van der Waals surface area contributed by atoms with E-state index in [2.05, 4.69) is 5.32 Å². The average molecular weight is 447 g/mol. The predicted molar refractivity (Wildman–Crippen MR) is 117 cm³/mol. The van der Waals surface area contributed by atoms with Gasteiger partial charge in [-0.05, 0) is 67.3 Å². The first-order chi connectivity index (χ1) is 14.1. The number of rotatable bonds is 3. The van der Waals surface area contributed by atoms with Gasteiger partial charge in [-0.15, -0.1) is 0 Å². The largest absolute Gasteiger partial charge is 0.448 e. The summed E-state index contributed by atoms with van der Waals surface area (Å²) in [5.41, 5.74) is 9.22. The van der Waals surface area contributed by atoms with Gasteiger partial charge in [0, 0.05) is 23.4 Å². The molecule has 158 valence electrons. The fourth-order valence-corrected chi connectivity index (χ4v) is 5.08. The maximum Gasteiger partial charge on any atom is 0.341 e. The number of hydrogen-bond acceptors (Lipinski definition) is 6. The van der Waals surface area contributed by atoms with Crippen LogP contribution >= 0.6 is 11.6 Å². The van der Waals surface area contributed by atoms with Gasteiger partial charge in [-0.25, -0.2) is 13.2 Å². The van der Waals surface area contributed by atoms with Crippen molar-refractivity contribution in [2.24, 2.45) is 5.73 Å². The van der Waals surface area contributed by atoms with Crippen molar-refractivity contribution < 1.29 is 17.9 Å². The molecule has 3 N–H and O–H groups in total. The highest BCUT2D eigenvalue weighted by atomic mass is 35.5. The second-order valence-electron chi connectivity index (χ2n) is 7.90. The zero-order valence-corrected chi connectivity index (χ0v) is 18.4. The minimum atomic E-state index is -3.34. The van der Waals surface area contributed by atoms with Gasteiger partial charge in [-0.3, -0.25) is 0 Å². The normalized spacial score (nSPS) is 21.9. The van der Waals surface area contributed by atoms with Crippen molar-refractivity contribution in [1.82, 2.24) is 5.32 Å². The molecular weight excluding hydrogens is 424 g/mol. The lowest BCUT2D eigenvalue weighted by atomic mass is 9.87. The van der Waals surface area contributed by atoms with Gasteiger partial charge >= 0.3 is 5.97 Å². The Hall–Kier alpha value is -2.35. The zero-order chi connectivity index (χ0) is 21.7. The lowest BCUT2D eigenvalue weighted by Gasteiger charge is -2.33. The SMILES string of the molecule is Cc1cc(-c2cccc(S(C)(=O)=O)c2)c(Cl)cc1C1=C(N)C2(CCCNC2)OC1=O. The molecule has 0 bridgehead atoms. The maximum atomic E-state index is 12.7. The number of nitrogens with one attached hydrogen (secondary N) is 1. The number of nitrogens with two attached hydrogens (primary N) is 1. The average Bonchev–Trinajstić information content (AvgIpc) is 2.93. The molecular formula is C22H23ClN2O4S. The third-order valence-corrected chi connectivity index (χ3v) is 7.18. The van der Waals surface area contributed by atoms with E-state index >= 15 is 0 Å². The van der Waals surface area contributed by atoms with Crippen molar-refractivity contribution in [2.45, 2.75) is 30.3 Å². The number of piperidine rings is 1. The molecule has 2 aliphatic heterocycles. The van der Waals surface area contributed by atoms with Crippen molar-refractivity contribution >= 4 is 33.0 Å². The minimum absolute atomic E-state index is 0.218. The van der Waals surface area contributed by atoms with Gasteiger partial charge in [0.1, 0.15) is 0 Å². The minimum Gasteiger partial charge on any atom is -0.448 e. The van der Waals surface area contributed by atoms with Crippen molar-refractivity contribution in [3.63, 3.8) is 0 Å². The van der Waals surface area contributed by atoms with Crippen LogP contribution in [0.4, 0.5) is 0 Å². The third kappa shape index (κ3) is 3.51. The summed E-state index contributed by atoms with van der Waals surface area (Å²) in [5, 5.41) is 3.65. The Morgan fingerprint density at radius 3 is 2.63 bits per heavy atom. The van der Waals surface area contributed by atoms with Gasteiger partial charge in [0.25, 0.3) is 0 Å². The Kier molecular flexibility index (Phi) is 5.16. The van der Waals surface area contributed by atoms with E-state index in [1.54, 1.807) is 30.3 Å². The van der Waals surface area contributed by atoms with Crippen LogP contribution in [0.5, 0.6) is 0 Å². The molecule has 4 rings (SSSR count). The van der Waals surface area contributed by atoms with E-state index in [4.69, 9.17) is 22.1 Å². The molecule has 8 heteroatoms. The number of benzene rings is 2. The Labute approximate surface area is 181 Å². The summed E-state index contributed by atoms with van der Waals surface area (Å²) in [7, 11) is -3.34. The van der Waals surface area contributed by atoms with Crippen LogP contribution in [0.25, 0.3) is 16.7 Å². The quantitative estimate of drug-likeness (QED) is 0.703. The van der Waals surface area contributed by atoms with Gasteiger partial charge in [-0.2, -0.15) is 0 Å². The molecule has 1 saturated heterocycles. The highest BCUT2D eigenvalue weighted by molar-refractivity contribution is 7.90. The number of carbonyl (C=O) groups is 1. The van der Waals surface area contributed by atoms with E-state index in [0.717, 1.165) is 18.5 Å². The number of carbonyl (C=O) groups excluding carboxylic acids is 1. The van der Waals surface area contributed by atoms with E-state index in [9.17, 15) is 13.2 Å². The summed E-state index contributed by atoms with van der Waals surface area (Å²) in [4.78, 5) is 13.0. The van der Waals surface area contributed by atoms with Crippen LogP contribution in [0.3, 0.4) is 0 Å². The first-order valence-corrected chi connectivity index (χ1v) is 11.9. The highest BCUT2D eigenvalue weighted by Crippen LogP contribution is 2.42. The zero-order valence-electron chi connectivity index (χ0n) is 16.8. The van der Waals surface area contributed by atoms with E-state index < -0.39 is 21.4 Å². The topological polar surface area (TPSA) is 98.5 Å². The predicted octanol–water partition coefficient (Wildman–Crippen LogP) is 3.07. The standard InChI is InChI=1S/C22H23ClN2O4S/c1-13-9-17(14-5-3-6-15(10-14)30(2,27)28)18(23)11-16(13)19-20(24)22(29-21(19)26)7-4-8-25-12-22/h3,5-6,9-11,25H,4,7-8,12,24H2,1-2H3. The molecule has 1 spiro atoms. The molecule has 1 unspecified atom stereocenters. The smallest absolute Gasteiger partial charge is 0.341 e. The van der Waals surface area contributed by atoms with Crippen LogP contribution in [0.15, 0.2) is 47.0 Å². The van der Waals surface area contributed by atoms with Crippen LogP contribution in [0.2, 0.25) is 5.02 Å². The molecule has 30 heavy (non-hydrogen) atoms. The number of esters is 1. The van der Waals surface area contributed by atoms with Gasteiger partial charge in [0.15, 0.2) is 15.4 Å². The lowest BCUT2D eigenvalue weighted by molar-refractivity contribution is -0.146. The fourth-order valence-electron chi connectivity index (χ4n) is 4.14. The molecule has 0 radical (unpaired) electrons. The van der Waals surface area contributed by atoms with Crippen molar-refractivity contribution in [3.05, 3.63) is 58.2 Å². The first kappa shape index (κ1) is 20.9. The maximum absolute atomic E-state index is 12.7. The first-order valence-electron chi connectivity index (χ1n) is 9.68. The van der Waals surface area contributed by atoms with Gasteiger partial charge in [0.2, 0.25) is 0 Å². The molecule has 6 nitrogen and oxygen atoms in total. The molecule has 2 aliphatic rings. The number of hydrogen-bond donors (Lipinski definition) is 2. The Balaban J connectivity index is 1.80. The summed E-state index contributed by atoms with van der Waals surface area (Å²) in [6, 6.07) is 10.2. The van der Waals surface area contributed by atoms with E-state index in [0.29, 0.717) is 45.9 Å². The highest BCUT2D eigenvalue weighted by Gasteiger charge is 2.47. The van der Waals surface area contributed by atoms with Crippen molar-refractivity contribution in [3.8, 4) is 11.1 Å². The lowest BCUT2D eigenvalue weighted by Crippen LogP contribution is -2.49. The molecule has 1 fully saturated rings. The molecule has 2 aromatic rings. The Bertz CT molecular complexity index is 1180. The fraction of sp³-hybridized carbons (Fsp3) is 0.318. The molecule has 2 aromatic carbocycles. The molecule has 0 saturated carbocycles. The molecule has 0 amide bonds. The summed E-state index contributed by atoms with van der Waals surface area (Å²) < 4.78 is 29.5. The monoisotopic (exact) mass is 446 g/mol. The van der Waals surface area contributed by atoms with E-state index in [1.807, 2.05) is 13.0 Å². The molecule has 1 atom stereocenters. The van der Waals surface area contributed by atoms with Crippen LogP contribution < -0.4 is 11.1 Å². The number of ether oxygens (including phenoxy) is 1. The van der Waals surface area contributed by atoms with Crippen LogP contribution in [-0.2, 0) is 19.4 Å². The second kappa shape index (κ2) is 7.41. The van der Waals surface area contributed by atoms with Gasteiger partial charge in [-0.1, -0.05) is 23.7 Å². The number of sulfone groups is 1.